The van der Waals surface area contributed by atoms with E-state index in [1.54, 1.807) is 12.1 Å². The predicted molar refractivity (Wildman–Crippen MR) is 150 cm³/mol. The number of nitriles is 1. The molecule has 5 rings (SSSR count). The lowest BCUT2D eigenvalue weighted by atomic mass is 10.1. The van der Waals surface area contributed by atoms with Crippen LogP contribution in [0.1, 0.15) is 46.0 Å². The van der Waals surface area contributed by atoms with Crippen LogP contribution in [0.15, 0.2) is 72.8 Å². The maximum Gasteiger partial charge on any atom is 0.255 e. The number of rotatable bonds is 8. The van der Waals surface area contributed by atoms with E-state index in [0.717, 1.165) is 43.9 Å². The standard InChI is InChI=1S/C31H33ClN4O2/c32-29-9-2-1-8-28(29)31(37)36-18-16-34(17-19-36)22-30(38-23-25-12-10-24(21-33)11-13-25)26-6-5-7-27(20-26)35-14-3-4-15-35/h1-2,5-13,20,30H,3-4,14-19,22-23H2/t30-/m0/s1. The van der Waals surface area contributed by atoms with Gasteiger partial charge in [-0.1, -0.05) is 48.0 Å². The van der Waals surface area contributed by atoms with Gasteiger partial charge in [-0.3, -0.25) is 9.69 Å². The molecule has 3 aromatic rings. The zero-order chi connectivity index (χ0) is 26.3. The molecule has 2 fully saturated rings. The lowest BCUT2D eigenvalue weighted by Crippen LogP contribution is -2.49. The molecule has 0 spiro atoms. The van der Waals surface area contributed by atoms with Gasteiger partial charge in [0.15, 0.2) is 0 Å². The molecule has 0 aliphatic carbocycles. The van der Waals surface area contributed by atoms with Crippen molar-refractivity contribution >= 4 is 23.2 Å². The summed E-state index contributed by atoms with van der Waals surface area (Å²) in [5, 5.41) is 9.60. The van der Waals surface area contributed by atoms with E-state index in [1.165, 1.54) is 18.5 Å². The lowest BCUT2D eigenvalue weighted by molar-refractivity contribution is 0.00344. The molecule has 0 unspecified atom stereocenters. The number of nitrogens with zero attached hydrogens (tertiary/aromatic N) is 4. The Balaban J connectivity index is 1.27. The Labute approximate surface area is 230 Å². The van der Waals surface area contributed by atoms with Gasteiger partial charge in [-0.15, -0.1) is 0 Å². The number of hydrogen-bond donors (Lipinski definition) is 0. The molecule has 2 saturated heterocycles. The number of halogens is 1. The monoisotopic (exact) mass is 528 g/mol. The van der Waals surface area contributed by atoms with Gasteiger partial charge in [-0.05, 0) is 60.4 Å². The van der Waals surface area contributed by atoms with Crippen molar-refractivity contribution < 1.29 is 9.53 Å². The molecule has 2 aliphatic heterocycles. The molecule has 0 radical (unpaired) electrons. The van der Waals surface area contributed by atoms with Crippen molar-refractivity contribution in [2.75, 3.05) is 50.7 Å². The highest BCUT2D eigenvalue weighted by Crippen LogP contribution is 2.28. The number of piperazine rings is 1. The third-order valence-electron chi connectivity index (χ3n) is 7.44. The van der Waals surface area contributed by atoms with E-state index in [1.807, 2.05) is 41.3 Å². The van der Waals surface area contributed by atoms with Crippen molar-refractivity contribution in [3.05, 3.63) is 100 Å². The highest BCUT2D eigenvalue weighted by atomic mass is 35.5. The van der Waals surface area contributed by atoms with Crippen LogP contribution in [0, 0.1) is 11.3 Å². The van der Waals surface area contributed by atoms with Gasteiger partial charge in [0.05, 0.1) is 34.9 Å². The molecule has 1 amide bonds. The molecular weight excluding hydrogens is 496 g/mol. The normalized spacial score (nSPS) is 16.8. The van der Waals surface area contributed by atoms with Crippen LogP contribution < -0.4 is 4.90 Å². The van der Waals surface area contributed by atoms with Crippen molar-refractivity contribution in [1.29, 1.82) is 5.26 Å². The summed E-state index contributed by atoms with van der Waals surface area (Å²) in [4.78, 5) is 19.7. The largest absolute Gasteiger partial charge is 0.372 e. The summed E-state index contributed by atoms with van der Waals surface area (Å²) in [7, 11) is 0. The highest BCUT2D eigenvalue weighted by molar-refractivity contribution is 6.33. The van der Waals surface area contributed by atoms with Gasteiger partial charge in [-0.2, -0.15) is 5.26 Å². The van der Waals surface area contributed by atoms with Gasteiger partial charge in [0, 0.05) is 51.5 Å². The van der Waals surface area contributed by atoms with Crippen LogP contribution >= 0.6 is 11.6 Å². The molecule has 0 N–H and O–H groups in total. The summed E-state index contributed by atoms with van der Waals surface area (Å²) in [6.07, 6.45) is 2.36. The summed E-state index contributed by atoms with van der Waals surface area (Å²) in [6.45, 7) is 6.27. The van der Waals surface area contributed by atoms with E-state index < -0.39 is 0 Å². The maximum atomic E-state index is 13.0. The molecule has 196 valence electrons. The second-order valence-corrected chi connectivity index (χ2v) is 10.4. The second-order valence-electron chi connectivity index (χ2n) is 9.97. The molecule has 6 nitrogen and oxygen atoms in total. The first-order valence-electron chi connectivity index (χ1n) is 13.3. The molecule has 3 aromatic carbocycles. The fourth-order valence-corrected chi connectivity index (χ4v) is 5.41. The van der Waals surface area contributed by atoms with Crippen molar-refractivity contribution in [3.63, 3.8) is 0 Å². The van der Waals surface area contributed by atoms with Crippen LogP contribution in [0.4, 0.5) is 5.69 Å². The van der Waals surface area contributed by atoms with Crippen molar-refractivity contribution in [1.82, 2.24) is 9.80 Å². The minimum absolute atomic E-state index is 0.0119. The van der Waals surface area contributed by atoms with Crippen LogP contribution in [-0.2, 0) is 11.3 Å². The highest BCUT2D eigenvalue weighted by Gasteiger charge is 2.26. The second kappa shape index (κ2) is 12.4. The summed E-state index contributed by atoms with van der Waals surface area (Å²) in [5.41, 5.74) is 4.66. The first kappa shape index (κ1) is 26.2. The molecule has 2 heterocycles. The summed E-state index contributed by atoms with van der Waals surface area (Å²) >= 11 is 6.27. The van der Waals surface area contributed by atoms with E-state index in [2.05, 4.69) is 40.1 Å². The molecule has 0 aromatic heterocycles. The quantitative estimate of drug-likeness (QED) is 0.385. The minimum Gasteiger partial charge on any atom is -0.372 e. The molecule has 0 saturated carbocycles. The van der Waals surface area contributed by atoms with Crippen LogP contribution in [-0.4, -0.2) is 61.5 Å². The van der Waals surface area contributed by atoms with Gasteiger partial charge in [0.25, 0.3) is 5.91 Å². The Morgan fingerprint density at radius 3 is 2.37 bits per heavy atom. The van der Waals surface area contributed by atoms with Crippen molar-refractivity contribution in [2.45, 2.75) is 25.6 Å². The zero-order valence-corrected chi connectivity index (χ0v) is 22.3. The Morgan fingerprint density at radius 1 is 0.921 bits per heavy atom. The average Bonchev–Trinajstić information content (AvgIpc) is 3.51. The van der Waals surface area contributed by atoms with E-state index in [9.17, 15) is 4.79 Å². The number of carbonyl (C=O) groups is 1. The van der Waals surface area contributed by atoms with E-state index in [4.69, 9.17) is 21.6 Å². The van der Waals surface area contributed by atoms with E-state index in [-0.39, 0.29) is 12.0 Å². The third kappa shape index (κ3) is 6.36. The van der Waals surface area contributed by atoms with Crippen LogP contribution in [0.3, 0.4) is 0 Å². The number of anilines is 1. The number of carbonyl (C=O) groups excluding carboxylic acids is 1. The first-order chi connectivity index (χ1) is 18.6. The first-order valence-corrected chi connectivity index (χ1v) is 13.7. The minimum atomic E-state index is -0.112. The van der Waals surface area contributed by atoms with Gasteiger partial charge < -0.3 is 14.5 Å². The molecule has 7 heteroatoms. The number of hydrogen-bond acceptors (Lipinski definition) is 5. The SMILES string of the molecule is N#Cc1ccc(CO[C@@H](CN2CCN(C(=O)c3ccccc3Cl)CC2)c2cccc(N3CCCC3)c2)cc1. The molecule has 38 heavy (non-hydrogen) atoms. The van der Waals surface area contributed by atoms with Crippen molar-refractivity contribution in [3.8, 4) is 6.07 Å². The summed E-state index contributed by atoms with van der Waals surface area (Å²) < 4.78 is 6.53. The van der Waals surface area contributed by atoms with Gasteiger partial charge in [0.2, 0.25) is 0 Å². The average molecular weight is 529 g/mol. The van der Waals surface area contributed by atoms with Crippen molar-refractivity contribution in [2.24, 2.45) is 0 Å². The maximum absolute atomic E-state index is 13.0. The van der Waals surface area contributed by atoms with Crippen LogP contribution in [0.2, 0.25) is 5.02 Å². The topological polar surface area (TPSA) is 59.8 Å². The van der Waals surface area contributed by atoms with E-state index >= 15 is 0 Å². The van der Waals surface area contributed by atoms with Gasteiger partial charge in [-0.25, -0.2) is 0 Å². The Hall–Kier alpha value is -3.37. The van der Waals surface area contributed by atoms with E-state index in [0.29, 0.717) is 35.8 Å². The van der Waals surface area contributed by atoms with Gasteiger partial charge >= 0.3 is 0 Å². The Kier molecular flexibility index (Phi) is 8.60. The van der Waals surface area contributed by atoms with Crippen LogP contribution in [0.5, 0.6) is 0 Å². The fourth-order valence-electron chi connectivity index (χ4n) is 5.20. The Bertz CT molecular complexity index is 1280. The van der Waals surface area contributed by atoms with Gasteiger partial charge in [0.1, 0.15) is 0 Å². The zero-order valence-electron chi connectivity index (χ0n) is 21.6. The predicted octanol–water partition coefficient (Wildman–Crippen LogP) is 5.53. The smallest absolute Gasteiger partial charge is 0.255 e. The molecular formula is C31H33ClN4O2. The number of ether oxygens (including phenoxy) is 1. The van der Waals surface area contributed by atoms with Crippen LogP contribution in [0.25, 0.3) is 0 Å². The summed E-state index contributed by atoms with van der Waals surface area (Å²) in [5.74, 6) is -0.0119. The molecule has 0 bridgehead atoms. The third-order valence-corrected chi connectivity index (χ3v) is 7.76. The molecule has 2 aliphatic rings. The Morgan fingerprint density at radius 2 is 1.66 bits per heavy atom. The fraction of sp³-hybridized carbons (Fsp3) is 0.355. The lowest BCUT2D eigenvalue weighted by Gasteiger charge is -2.36. The number of amides is 1. The number of benzene rings is 3. The summed E-state index contributed by atoms with van der Waals surface area (Å²) in [6, 6.07) is 25.7. The molecule has 1 atom stereocenters.